The summed E-state index contributed by atoms with van der Waals surface area (Å²) in [4.78, 5) is 11.5. The van der Waals surface area contributed by atoms with E-state index >= 15 is 0 Å². The maximum absolute atomic E-state index is 11.5. The molecule has 0 spiro atoms. The monoisotopic (exact) mass is 300 g/mol. The summed E-state index contributed by atoms with van der Waals surface area (Å²) in [5.41, 5.74) is 0. The molecule has 0 aromatic rings. The Morgan fingerprint density at radius 3 is 1.86 bits per heavy atom. The molecule has 0 unspecified atom stereocenters. The van der Waals surface area contributed by atoms with E-state index in [0.29, 0.717) is 13.0 Å². The van der Waals surface area contributed by atoms with Gasteiger partial charge in [-0.15, -0.1) is 0 Å². The van der Waals surface area contributed by atoms with E-state index in [1.165, 1.54) is 51.4 Å². The van der Waals surface area contributed by atoms with Gasteiger partial charge in [0.25, 0.3) is 0 Å². The van der Waals surface area contributed by atoms with E-state index in [0.717, 1.165) is 32.3 Å². The maximum Gasteiger partial charge on any atom is 0.305 e. The quantitative estimate of drug-likeness (QED) is 0.288. The molecule has 0 N–H and O–H groups in total. The summed E-state index contributed by atoms with van der Waals surface area (Å²) in [6.45, 7) is 3.69. The van der Waals surface area contributed by atoms with Crippen molar-refractivity contribution in [2.75, 3.05) is 20.3 Å². The Morgan fingerprint density at radius 2 is 1.24 bits per heavy atom. The molecule has 0 radical (unpaired) electrons. The lowest BCUT2D eigenvalue weighted by molar-refractivity contribution is -0.143. The third kappa shape index (κ3) is 17.4. The van der Waals surface area contributed by atoms with E-state index in [-0.39, 0.29) is 5.97 Å². The molecular formula is C18H36O3. The zero-order valence-electron chi connectivity index (χ0n) is 14.3. The average molecular weight is 300 g/mol. The molecule has 0 amide bonds. The molecule has 21 heavy (non-hydrogen) atoms. The Bertz CT molecular complexity index is 217. The van der Waals surface area contributed by atoms with Crippen molar-refractivity contribution in [3.63, 3.8) is 0 Å². The van der Waals surface area contributed by atoms with Crippen LogP contribution in [0.15, 0.2) is 0 Å². The molecule has 0 fully saturated rings. The lowest BCUT2D eigenvalue weighted by Gasteiger charge is -2.05. The van der Waals surface area contributed by atoms with Crippen molar-refractivity contribution in [2.45, 2.75) is 90.4 Å². The van der Waals surface area contributed by atoms with Crippen LogP contribution in [0.25, 0.3) is 0 Å². The fraction of sp³-hybridized carbons (Fsp3) is 0.944. The van der Waals surface area contributed by atoms with Gasteiger partial charge in [-0.05, 0) is 19.3 Å². The summed E-state index contributed by atoms with van der Waals surface area (Å²) in [6, 6.07) is 0. The minimum atomic E-state index is -0.0159. The summed E-state index contributed by atoms with van der Waals surface area (Å²) >= 11 is 0. The SMILES string of the molecule is CCCCCCCCCOC(=O)CCCCCCCOC. The van der Waals surface area contributed by atoms with E-state index in [1.807, 2.05) is 0 Å². The van der Waals surface area contributed by atoms with Gasteiger partial charge in [-0.2, -0.15) is 0 Å². The molecule has 0 aromatic heterocycles. The number of hydrogen-bond acceptors (Lipinski definition) is 3. The lowest BCUT2D eigenvalue weighted by atomic mass is 10.1. The van der Waals surface area contributed by atoms with Crippen LogP contribution >= 0.6 is 0 Å². The Kier molecular flexibility index (Phi) is 17.0. The summed E-state index contributed by atoms with van der Waals surface area (Å²) < 4.78 is 10.3. The number of hydrogen-bond donors (Lipinski definition) is 0. The van der Waals surface area contributed by atoms with Crippen LogP contribution in [-0.2, 0) is 14.3 Å². The van der Waals surface area contributed by atoms with Crippen molar-refractivity contribution in [1.29, 1.82) is 0 Å². The highest BCUT2D eigenvalue weighted by Crippen LogP contribution is 2.08. The number of ether oxygens (including phenoxy) is 2. The van der Waals surface area contributed by atoms with Crippen molar-refractivity contribution in [3.05, 3.63) is 0 Å². The molecule has 3 nitrogen and oxygen atoms in total. The molecule has 0 aliphatic heterocycles. The van der Waals surface area contributed by atoms with Gasteiger partial charge in [0.15, 0.2) is 0 Å². The Morgan fingerprint density at radius 1 is 0.714 bits per heavy atom. The predicted octanol–water partition coefficient (Wildman–Crippen LogP) is 5.27. The third-order valence-corrected chi connectivity index (χ3v) is 3.74. The molecule has 3 heteroatoms. The summed E-state index contributed by atoms with van der Waals surface area (Å²) in [5.74, 6) is -0.0159. The average Bonchev–Trinajstić information content (AvgIpc) is 2.49. The molecular weight excluding hydrogens is 264 g/mol. The number of rotatable bonds is 16. The lowest BCUT2D eigenvalue weighted by Crippen LogP contribution is -2.05. The third-order valence-electron chi connectivity index (χ3n) is 3.74. The maximum atomic E-state index is 11.5. The van der Waals surface area contributed by atoms with Crippen LogP contribution in [0.4, 0.5) is 0 Å². The number of methoxy groups -OCH3 is 1. The molecule has 126 valence electrons. The van der Waals surface area contributed by atoms with Gasteiger partial charge >= 0.3 is 5.97 Å². The molecule has 0 saturated carbocycles. The smallest absolute Gasteiger partial charge is 0.305 e. The second-order valence-corrected chi connectivity index (χ2v) is 5.85. The van der Waals surface area contributed by atoms with E-state index in [9.17, 15) is 4.79 Å². The fourth-order valence-corrected chi connectivity index (χ4v) is 2.36. The Balaban J connectivity index is 3.13. The topological polar surface area (TPSA) is 35.5 Å². The van der Waals surface area contributed by atoms with Gasteiger partial charge in [-0.3, -0.25) is 4.79 Å². The van der Waals surface area contributed by atoms with Crippen molar-refractivity contribution >= 4 is 5.97 Å². The van der Waals surface area contributed by atoms with E-state index < -0.39 is 0 Å². The molecule has 0 saturated heterocycles. The number of carbonyl (C=O) groups excluding carboxylic acids is 1. The van der Waals surface area contributed by atoms with Gasteiger partial charge in [0, 0.05) is 20.1 Å². The van der Waals surface area contributed by atoms with Crippen LogP contribution in [-0.4, -0.2) is 26.3 Å². The van der Waals surface area contributed by atoms with Crippen LogP contribution in [0.5, 0.6) is 0 Å². The highest BCUT2D eigenvalue weighted by Gasteiger charge is 2.02. The molecule has 0 aromatic carbocycles. The van der Waals surface area contributed by atoms with Crippen LogP contribution < -0.4 is 0 Å². The molecule has 0 bridgehead atoms. The van der Waals surface area contributed by atoms with Gasteiger partial charge < -0.3 is 9.47 Å². The molecule has 0 heterocycles. The van der Waals surface area contributed by atoms with Crippen LogP contribution in [0.2, 0.25) is 0 Å². The highest BCUT2D eigenvalue weighted by molar-refractivity contribution is 5.69. The molecule has 0 atom stereocenters. The minimum Gasteiger partial charge on any atom is -0.466 e. The van der Waals surface area contributed by atoms with Gasteiger partial charge in [-0.1, -0.05) is 64.7 Å². The summed E-state index contributed by atoms with van der Waals surface area (Å²) in [7, 11) is 1.74. The number of unbranched alkanes of at least 4 members (excludes halogenated alkanes) is 10. The second kappa shape index (κ2) is 17.5. The normalized spacial score (nSPS) is 10.8. The first-order valence-corrected chi connectivity index (χ1v) is 8.95. The van der Waals surface area contributed by atoms with Gasteiger partial charge in [0.2, 0.25) is 0 Å². The first-order valence-electron chi connectivity index (χ1n) is 8.95. The standard InChI is InChI=1S/C18H36O3/c1-3-4-5-6-7-11-14-17-21-18(19)15-12-9-8-10-13-16-20-2/h3-17H2,1-2H3. The van der Waals surface area contributed by atoms with E-state index in [1.54, 1.807) is 7.11 Å². The second-order valence-electron chi connectivity index (χ2n) is 5.85. The first-order chi connectivity index (χ1) is 10.3. The zero-order valence-corrected chi connectivity index (χ0v) is 14.3. The Labute approximate surface area is 131 Å². The van der Waals surface area contributed by atoms with Gasteiger partial charge in [0.1, 0.15) is 0 Å². The highest BCUT2D eigenvalue weighted by atomic mass is 16.5. The number of carbonyl (C=O) groups is 1. The summed E-state index contributed by atoms with van der Waals surface area (Å²) in [5, 5.41) is 0. The van der Waals surface area contributed by atoms with Crippen molar-refractivity contribution < 1.29 is 14.3 Å². The van der Waals surface area contributed by atoms with E-state index in [2.05, 4.69) is 6.92 Å². The van der Waals surface area contributed by atoms with Crippen LogP contribution in [0.1, 0.15) is 90.4 Å². The van der Waals surface area contributed by atoms with Gasteiger partial charge in [-0.25, -0.2) is 0 Å². The largest absolute Gasteiger partial charge is 0.466 e. The minimum absolute atomic E-state index is 0.0159. The van der Waals surface area contributed by atoms with E-state index in [4.69, 9.17) is 9.47 Å². The molecule has 0 aliphatic carbocycles. The Hall–Kier alpha value is -0.570. The zero-order chi connectivity index (χ0) is 15.6. The van der Waals surface area contributed by atoms with Gasteiger partial charge in [0.05, 0.1) is 6.61 Å². The van der Waals surface area contributed by atoms with Crippen LogP contribution in [0, 0.1) is 0 Å². The predicted molar refractivity (Wildman–Crippen MR) is 88.5 cm³/mol. The molecule has 0 aliphatic rings. The summed E-state index contributed by atoms with van der Waals surface area (Å²) in [6.07, 6.45) is 15.0. The molecule has 0 rings (SSSR count). The van der Waals surface area contributed by atoms with Crippen molar-refractivity contribution in [1.82, 2.24) is 0 Å². The van der Waals surface area contributed by atoms with Crippen LogP contribution in [0.3, 0.4) is 0 Å². The van der Waals surface area contributed by atoms with Crippen molar-refractivity contribution in [3.8, 4) is 0 Å². The first kappa shape index (κ1) is 20.4. The van der Waals surface area contributed by atoms with Crippen molar-refractivity contribution in [2.24, 2.45) is 0 Å². The number of esters is 1. The fourth-order valence-electron chi connectivity index (χ4n) is 2.36.